The number of halogens is 1. The van der Waals surface area contributed by atoms with E-state index in [9.17, 15) is 9.59 Å². The fraction of sp³-hybridized carbons (Fsp3) is 0.388. The van der Waals surface area contributed by atoms with Crippen LogP contribution in [0.2, 0.25) is 5.02 Å². The predicted octanol–water partition coefficient (Wildman–Crippen LogP) is 9.85. The van der Waals surface area contributed by atoms with Crippen molar-refractivity contribution >= 4 is 57.7 Å². The van der Waals surface area contributed by atoms with Gasteiger partial charge in [-0.1, -0.05) is 67.4 Å². The van der Waals surface area contributed by atoms with Crippen LogP contribution < -0.4 is 26.2 Å². The Bertz CT molecular complexity index is 2260. The smallest absolute Gasteiger partial charge is 0.234 e. The first-order chi connectivity index (χ1) is 30.3. The van der Waals surface area contributed by atoms with E-state index in [4.69, 9.17) is 25.7 Å². The second kappa shape index (κ2) is 21.5. The van der Waals surface area contributed by atoms with Crippen molar-refractivity contribution in [3.8, 4) is 5.75 Å². The second-order valence-electron chi connectivity index (χ2n) is 16.6. The molecule has 1 atom stereocenters. The van der Waals surface area contributed by atoms with Gasteiger partial charge in [0, 0.05) is 58.7 Å². The first-order valence-corrected chi connectivity index (χ1v) is 23.2. The summed E-state index contributed by atoms with van der Waals surface area (Å²) in [6, 6.07) is 31.5. The molecule has 2 amide bonds. The number of anilines is 1. The summed E-state index contributed by atoms with van der Waals surface area (Å²) in [7, 11) is 0. The maximum Gasteiger partial charge on any atom is 0.234 e. The minimum Gasteiger partial charge on any atom is -0.494 e. The van der Waals surface area contributed by atoms with Crippen LogP contribution in [0, 0.1) is 5.92 Å². The van der Waals surface area contributed by atoms with E-state index in [-0.39, 0.29) is 11.8 Å². The number of benzene rings is 4. The Kier molecular flexibility index (Phi) is 15.2. The van der Waals surface area contributed by atoms with Gasteiger partial charge in [0.2, 0.25) is 11.8 Å². The third kappa shape index (κ3) is 12.0. The van der Waals surface area contributed by atoms with Crippen molar-refractivity contribution in [3.63, 3.8) is 0 Å². The maximum absolute atomic E-state index is 12.5. The lowest BCUT2D eigenvalue weighted by atomic mass is 9.90. The molecule has 0 spiro atoms. The van der Waals surface area contributed by atoms with Crippen LogP contribution in [0.15, 0.2) is 113 Å². The number of hydrogen-bond acceptors (Lipinski definition) is 11. The average Bonchev–Trinajstić information content (AvgIpc) is 3.98. The number of furan rings is 1. The molecule has 1 aromatic heterocycles. The highest BCUT2D eigenvalue weighted by atomic mass is 35.5. The molecule has 3 fully saturated rings. The van der Waals surface area contributed by atoms with Crippen molar-refractivity contribution < 1.29 is 23.7 Å². The summed E-state index contributed by atoms with van der Waals surface area (Å²) < 4.78 is 14.3. The molecule has 0 bridgehead atoms. The van der Waals surface area contributed by atoms with E-state index in [1.807, 2.05) is 42.3 Å². The molecule has 4 aromatic carbocycles. The normalized spacial score (nSPS) is 17.5. The van der Waals surface area contributed by atoms with Crippen LogP contribution in [0.1, 0.15) is 86.0 Å². The fourth-order valence-electron chi connectivity index (χ4n) is 8.52. The van der Waals surface area contributed by atoms with Gasteiger partial charge in [-0.25, -0.2) is 9.79 Å². The Balaban J connectivity index is 0.806. The Hall–Kier alpha value is -4.82. The van der Waals surface area contributed by atoms with Crippen molar-refractivity contribution in [2.24, 2.45) is 5.92 Å². The van der Waals surface area contributed by atoms with Crippen molar-refractivity contribution in [1.29, 1.82) is 0 Å². The quantitative estimate of drug-likeness (QED) is 0.0259. The summed E-state index contributed by atoms with van der Waals surface area (Å²) in [6.07, 6.45) is 10.5. The third-order valence-electron chi connectivity index (χ3n) is 12.1. The second-order valence-corrected chi connectivity index (χ2v) is 18.2. The van der Waals surface area contributed by atoms with Crippen molar-refractivity contribution in [1.82, 2.24) is 25.3 Å². The Morgan fingerprint density at radius 1 is 0.887 bits per heavy atom. The predicted molar refractivity (Wildman–Crippen MR) is 247 cm³/mol. The van der Waals surface area contributed by atoms with Gasteiger partial charge in [-0.05, 0) is 141 Å². The highest BCUT2D eigenvalue weighted by molar-refractivity contribution is 7.97. The minimum atomic E-state index is -0.415. The molecule has 4 N–H and O–H groups in total. The van der Waals surface area contributed by atoms with Crippen molar-refractivity contribution in [3.05, 3.63) is 131 Å². The Morgan fingerprint density at radius 3 is 2.39 bits per heavy atom. The number of hydroxylamine groups is 2. The number of carbonyl (C=O) groups is 2. The number of fused-ring (bicyclic) bond motifs is 1. The number of nitrogens with one attached hydrogen (secondary N) is 4. The zero-order valence-corrected chi connectivity index (χ0v) is 36.8. The van der Waals surface area contributed by atoms with E-state index in [2.05, 4.69) is 98.0 Å². The molecule has 3 heterocycles. The van der Waals surface area contributed by atoms with Gasteiger partial charge in [0.25, 0.3) is 0 Å². The highest BCUT2D eigenvalue weighted by Gasteiger charge is 2.31. The molecule has 326 valence electrons. The number of piperidine rings is 2. The summed E-state index contributed by atoms with van der Waals surface area (Å²) in [5, 5.41) is 13.0. The van der Waals surface area contributed by atoms with E-state index in [1.54, 1.807) is 6.26 Å². The molecule has 11 nitrogen and oxygen atoms in total. The number of imide groups is 1. The maximum atomic E-state index is 12.5. The molecule has 1 aliphatic carbocycles. The summed E-state index contributed by atoms with van der Waals surface area (Å²) in [6.45, 7) is 9.92. The third-order valence-corrected chi connectivity index (χ3v) is 13.4. The Labute approximate surface area is 374 Å². The topological polar surface area (TPSA) is 120 Å². The van der Waals surface area contributed by atoms with Crippen molar-refractivity contribution in [2.45, 2.75) is 87.7 Å². The molecule has 5 aromatic rings. The fourth-order valence-corrected chi connectivity index (χ4v) is 9.75. The van der Waals surface area contributed by atoms with E-state index in [0.717, 1.165) is 83.9 Å². The van der Waals surface area contributed by atoms with E-state index in [0.29, 0.717) is 55.8 Å². The van der Waals surface area contributed by atoms with Gasteiger partial charge in [-0.2, -0.15) is 10.0 Å². The van der Waals surface area contributed by atoms with Crippen molar-refractivity contribution in [2.75, 3.05) is 38.3 Å². The number of hydrogen-bond donors (Lipinski definition) is 4. The SMILES string of the molecule is C=C(NCCCOc1ccc2occ(C3CCC(=O)NC3=O)c2c1)c1ccc(CN(CC2CCNCC2)ONc2ccc(SN(Cc3ccc(Cl)cc3)C3CCCC3)cc2)cc1. The lowest BCUT2D eigenvalue weighted by molar-refractivity contribution is -0.149. The molecular weight excluding hydrogens is 820 g/mol. The lowest BCUT2D eigenvalue weighted by Gasteiger charge is -2.29. The van der Waals surface area contributed by atoms with Crippen LogP contribution in [-0.2, 0) is 27.6 Å². The van der Waals surface area contributed by atoms with Gasteiger partial charge >= 0.3 is 0 Å². The standard InChI is InChI=1S/C49H57ClN6O5S/c1-34(52-25-4-28-59-42-17-21-47-45(29-42)46(33-60-47)44-20-22-48(57)53-49(44)58)38-11-7-35(8-12-38)30-55(31-37-23-26-51-27-24-37)61-54-40-15-18-43(19-16-40)62-56(41-5-2-3-6-41)32-36-9-13-39(50)14-10-36/h7-19,21,29,33,37,41,44,51-52,54H,1-6,20,22-28,30-32H2,(H,53,57,58). The zero-order chi connectivity index (χ0) is 42.7. The van der Waals surface area contributed by atoms with Crippen LogP contribution in [0.3, 0.4) is 0 Å². The summed E-state index contributed by atoms with van der Waals surface area (Å²) in [5.41, 5.74) is 9.93. The molecule has 62 heavy (non-hydrogen) atoms. The van der Waals surface area contributed by atoms with E-state index < -0.39 is 5.92 Å². The molecule has 0 radical (unpaired) electrons. The van der Waals surface area contributed by atoms with Crippen LogP contribution in [0.5, 0.6) is 5.75 Å². The average molecular weight is 878 g/mol. The number of ether oxygens (including phenoxy) is 1. The number of carbonyl (C=O) groups excluding carboxylic acids is 2. The number of rotatable bonds is 20. The summed E-state index contributed by atoms with van der Waals surface area (Å²) in [5.74, 6) is 0.321. The molecule has 13 heteroatoms. The molecule has 1 saturated carbocycles. The molecule has 8 rings (SSSR count). The van der Waals surface area contributed by atoms with E-state index >= 15 is 0 Å². The van der Waals surface area contributed by atoms with Crippen LogP contribution in [-0.4, -0.2) is 60.0 Å². The zero-order valence-electron chi connectivity index (χ0n) is 35.2. The monoisotopic (exact) mass is 876 g/mol. The molecule has 3 aliphatic rings. The largest absolute Gasteiger partial charge is 0.494 e. The van der Waals surface area contributed by atoms with Gasteiger partial charge in [-0.15, -0.1) is 0 Å². The molecule has 2 aliphatic heterocycles. The van der Waals surface area contributed by atoms with Crippen LogP contribution >= 0.6 is 23.5 Å². The first kappa shape index (κ1) is 43.8. The van der Waals surface area contributed by atoms with Crippen LogP contribution in [0.4, 0.5) is 5.69 Å². The summed E-state index contributed by atoms with van der Waals surface area (Å²) in [4.78, 5) is 31.7. The molecule has 2 saturated heterocycles. The first-order valence-electron chi connectivity index (χ1n) is 22.0. The minimum absolute atomic E-state index is 0.235. The molecule has 1 unspecified atom stereocenters. The van der Waals surface area contributed by atoms with Gasteiger partial charge < -0.3 is 19.8 Å². The lowest BCUT2D eigenvalue weighted by Crippen LogP contribution is -2.39. The van der Waals surface area contributed by atoms with Gasteiger partial charge in [-0.3, -0.25) is 14.9 Å². The number of nitrogens with zero attached hydrogens (tertiary/aromatic N) is 2. The van der Waals surface area contributed by atoms with E-state index in [1.165, 1.54) is 36.1 Å². The Morgan fingerprint density at radius 2 is 1.63 bits per heavy atom. The summed E-state index contributed by atoms with van der Waals surface area (Å²) >= 11 is 8.01. The van der Waals surface area contributed by atoms with Crippen LogP contribution in [0.25, 0.3) is 16.7 Å². The van der Waals surface area contributed by atoms with Gasteiger partial charge in [0.15, 0.2) is 0 Å². The van der Waals surface area contributed by atoms with Gasteiger partial charge in [0.05, 0.1) is 31.0 Å². The highest BCUT2D eigenvalue weighted by Crippen LogP contribution is 2.36. The molecular formula is C49H57ClN6O5S. The van der Waals surface area contributed by atoms with Gasteiger partial charge in [0.1, 0.15) is 11.3 Å². The number of amides is 2.